The minimum Gasteiger partial charge on any atom is -0.342 e. The molecule has 4 rings (SSSR count). The molecule has 1 aliphatic heterocycles. The standard InChI is InChI=1S/C20H25N7O/c1-16(12-27-15-22-14-24-27)20(28)25-8-4-18(5-9-25)19-23-7-10-26(19)13-17-3-2-6-21-11-17/h2-3,6-7,10-11,14-16,18H,4-5,8-9,12-13H2,1H3. The van der Waals surface area contributed by atoms with Gasteiger partial charge in [0.15, 0.2) is 0 Å². The second-order valence-corrected chi connectivity index (χ2v) is 7.39. The van der Waals surface area contributed by atoms with Crippen molar-refractivity contribution in [1.82, 2.24) is 34.2 Å². The van der Waals surface area contributed by atoms with Crippen LogP contribution in [-0.4, -0.2) is 53.2 Å². The molecule has 28 heavy (non-hydrogen) atoms. The van der Waals surface area contributed by atoms with Crippen molar-refractivity contribution < 1.29 is 4.79 Å². The topological polar surface area (TPSA) is 81.7 Å². The van der Waals surface area contributed by atoms with Gasteiger partial charge in [0.05, 0.1) is 19.0 Å². The lowest BCUT2D eigenvalue weighted by Gasteiger charge is -2.33. The Morgan fingerprint density at radius 2 is 2.11 bits per heavy atom. The van der Waals surface area contributed by atoms with Gasteiger partial charge in [-0.05, 0) is 24.5 Å². The molecule has 3 aromatic rings. The molecule has 146 valence electrons. The molecule has 1 fully saturated rings. The highest BCUT2D eigenvalue weighted by Crippen LogP contribution is 2.28. The first-order valence-corrected chi connectivity index (χ1v) is 9.72. The smallest absolute Gasteiger partial charge is 0.227 e. The molecule has 1 amide bonds. The van der Waals surface area contributed by atoms with E-state index in [2.05, 4.69) is 30.7 Å². The zero-order valence-electron chi connectivity index (χ0n) is 16.1. The number of hydrogen-bond donors (Lipinski definition) is 0. The van der Waals surface area contributed by atoms with Crippen molar-refractivity contribution in [2.75, 3.05) is 13.1 Å². The van der Waals surface area contributed by atoms with E-state index >= 15 is 0 Å². The Balaban J connectivity index is 1.34. The molecular formula is C20H25N7O. The van der Waals surface area contributed by atoms with Crippen LogP contribution in [0.4, 0.5) is 0 Å². The van der Waals surface area contributed by atoms with Crippen molar-refractivity contribution in [2.45, 2.75) is 38.8 Å². The van der Waals surface area contributed by atoms with Crippen LogP contribution in [0.15, 0.2) is 49.6 Å². The van der Waals surface area contributed by atoms with E-state index in [1.54, 1.807) is 17.2 Å². The summed E-state index contributed by atoms with van der Waals surface area (Å²) in [5.74, 6) is 1.56. The van der Waals surface area contributed by atoms with E-state index in [-0.39, 0.29) is 11.8 Å². The Morgan fingerprint density at radius 1 is 1.25 bits per heavy atom. The molecule has 1 saturated heterocycles. The highest BCUT2D eigenvalue weighted by atomic mass is 16.2. The van der Waals surface area contributed by atoms with Gasteiger partial charge in [-0.25, -0.2) is 9.97 Å². The summed E-state index contributed by atoms with van der Waals surface area (Å²) in [7, 11) is 0. The molecule has 0 bridgehead atoms. The Kier molecular flexibility index (Phi) is 5.45. The van der Waals surface area contributed by atoms with Gasteiger partial charge in [0.25, 0.3) is 0 Å². The quantitative estimate of drug-likeness (QED) is 0.654. The number of imidazole rings is 1. The summed E-state index contributed by atoms with van der Waals surface area (Å²) in [6, 6.07) is 4.03. The number of nitrogens with zero attached hydrogens (tertiary/aromatic N) is 7. The lowest BCUT2D eigenvalue weighted by molar-refractivity contribution is -0.136. The number of piperidine rings is 1. The predicted molar refractivity (Wildman–Crippen MR) is 103 cm³/mol. The highest BCUT2D eigenvalue weighted by molar-refractivity contribution is 5.78. The van der Waals surface area contributed by atoms with Gasteiger partial charge in [0.1, 0.15) is 18.5 Å². The van der Waals surface area contributed by atoms with E-state index in [0.29, 0.717) is 12.5 Å². The third-order valence-corrected chi connectivity index (χ3v) is 5.34. The number of carbonyl (C=O) groups is 1. The van der Waals surface area contributed by atoms with Gasteiger partial charge >= 0.3 is 0 Å². The van der Waals surface area contributed by atoms with E-state index in [4.69, 9.17) is 0 Å². The van der Waals surface area contributed by atoms with Gasteiger partial charge in [-0.2, -0.15) is 5.10 Å². The Morgan fingerprint density at radius 3 is 2.82 bits per heavy atom. The number of likely N-dealkylation sites (tertiary alicyclic amines) is 1. The summed E-state index contributed by atoms with van der Waals surface area (Å²) < 4.78 is 3.91. The fourth-order valence-corrected chi connectivity index (χ4v) is 3.86. The molecule has 1 atom stereocenters. The maximum absolute atomic E-state index is 12.8. The van der Waals surface area contributed by atoms with Crippen molar-refractivity contribution in [3.8, 4) is 0 Å². The molecule has 0 N–H and O–H groups in total. The molecular weight excluding hydrogens is 354 g/mol. The van der Waals surface area contributed by atoms with E-state index in [1.165, 1.54) is 6.33 Å². The molecule has 8 heteroatoms. The average molecular weight is 379 g/mol. The molecule has 0 saturated carbocycles. The van der Waals surface area contributed by atoms with E-state index < -0.39 is 0 Å². The van der Waals surface area contributed by atoms with Crippen LogP contribution in [0.25, 0.3) is 0 Å². The molecule has 0 aliphatic carbocycles. The van der Waals surface area contributed by atoms with Gasteiger partial charge in [-0.1, -0.05) is 13.0 Å². The van der Waals surface area contributed by atoms with Crippen molar-refractivity contribution in [3.05, 3.63) is 61.0 Å². The third kappa shape index (κ3) is 4.11. The number of carbonyl (C=O) groups excluding carboxylic acids is 1. The first-order chi connectivity index (χ1) is 13.7. The largest absolute Gasteiger partial charge is 0.342 e. The highest BCUT2D eigenvalue weighted by Gasteiger charge is 2.28. The van der Waals surface area contributed by atoms with Crippen LogP contribution in [0.1, 0.15) is 37.1 Å². The Hall–Kier alpha value is -3.03. The first-order valence-electron chi connectivity index (χ1n) is 9.72. The summed E-state index contributed by atoms with van der Waals surface area (Å²) in [4.78, 5) is 27.5. The van der Waals surface area contributed by atoms with E-state index in [0.717, 1.165) is 43.9 Å². The Bertz CT molecular complexity index is 882. The minimum absolute atomic E-state index is 0.106. The maximum atomic E-state index is 12.8. The van der Waals surface area contributed by atoms with Crippen LogP contribution in [-0.2, 0) is 17.9 Å². The summed E-state index contributed by atoms with van der Waals surface area (Å²) in [6.45, 7) is 4.83. The summed E-state index contributed by atoms with van der Waals surface area (Å²) in [5, 5.41) is 4.09. The molecule has 1 aliphatic rings. The van der Waals surface area contributed by atoms with Crippen molar-refractivity contribution >= 4 is 5.91 Å². The summed E-state index contributed by atoms with van der Waals surface area (Å²) in [5.41, 5.74) is 1.16. The monoisotopic (exact) mass is 379 g/mol. The number of hydrogen-bond acceptors (Lipinski definition) is 5. The number of pyridine rings is 1. The lowest BCUT2D eigenvalue weighted by atomic mass is 9.95. The molecule has 0 aromatic carbocycles. The summed E-state index contributed by atoms with van der Waals surface area (Å²) >= 11 is 0. The second-order valence-electron chi connectivity index (χ2n) is 7.39. The lowest BCUT2D eigenvalue weighted by Crippen LogP contribution is -2.42. The van der Waals surface area contributed by atoms with Crippen LogP contribution >= 0.6 is 0 Å². The zero-order chi connectivity index (χ0) is 19.3. The fourth-order valence-electron chi connectivity index (χ4n) is 3.86. The number of rotatable bonds is 6. The van der Waals surface area contributed by atoms with Gasteiger partial charge in [-0.3, -0.25) is 14.5 Å². The SMILES string of the molecule is CC(Cn1cncn1)C(=O)N1CCC(c2nccn2Cc2cccnc2)CC1. The van der Waals surface area contributed by atoms with Crippen LogP contribution in [0.5, 0.6) is 0 Å². The molecule has 1 unspecified atom stereocenters. The van der Waals surface area contributed by atoms with Crippen LogP contribution < -0.4 is 0 Å². The molecule has 8 nitrogen and oxygen atoms in total. The minimum atomic E-state index is -0.106. The molecule has 3 aromatic heterocycles. The van der Waals surface area contributed by atoms with Gasteiger partial charge < -0.3 is 9.47 Å². The predicted octanol–water partition coefficient (Wildman–Crippen LogP) is 1.96. The van der Waals surface area contributed by atoms with Crippen molar-refractivity contribution in [2.24, 2.45) is 5.92 Å². The Labute approximate surface area is 164 Å². The second kappa shape index (κ2) is 8.33. The van der Waals surface area contributed by atoms with Gasteiger partial charge in [0, 0.05) is 43.8 Å². The molecule has 0 radical (unpaired) electrons. The van der Waals surface area contributed by atoms with Crippen LogP contribution in [0.3, 0.4) is 0 Å². The third-order valence-electron chi connectivity index (χ3n) is 5.34. The van der Waals surface area contributed by atoms with Crippen LogP contribution in [0.2, 0.25) is 0 Å². The van der Waals surface area contributed by atoms with Crippen molar-refractivity contribution in [3.63, 3.8) is 0 Å². The van der Waals surface area contributed by atoms with Gasteiger partial charge in [-0.15, -0.1) is 0 Å². The number of aromatic nitrogens is 6. The average Bonchev–Trinajstić information content (AvgIpc) is 3.40. The first kappa shape index (κ1) is 18.3. The van der Waals surface area contributed by atoms with Gasteiger partial charge in [0.2, 0.25) is 5.91 Å². The maximum Gasteiger partial charge on any atom is 0.227 e. The fraction of sp³-hybridized carbons (Fsp3) is 0.450. The zero-order valence-corrected chi connectivity index (χ0v) is 16.1. The molecule has 0 spiro atoms. The normalized spacial score (nSPS) is 16.2. The van der Waals surface area contributed by atoms with Crippen LogP contribution in [0, 0.1) is 5.92 Å². The number of amides is 1. The molecule has 4 heterocycles. The van der Waals surface area contributed by atoms with E-state index in [9.17, 15) is 4.79 Å². The van der Waals surface area contributed by atoms with Crippen molar-refractivity contribution in [1.29, 1.82) is 0 Å². The van der Waals surface area contributed by atoms with E-state index in [1.807, 2.05) is 36.5 Å². The summed E-state index contributed by atoms with van der Waals surface area (Å²) in [6.07, 6.45) is 12.6.